The molecule has 1 heterocycles. The first-order chi connectivity index (χ1) is 8.88. The zero-order chi connectivity index (χ0) is 14.6. The van der Waals surface area contributed by atoms with Crippen molar-refractivity contribution in [1.82, 2.24) is 4.98 Å². The molecule has 1 atom stereocenters. The number of carbonyl (C=O) groups is 1. The van der Waals surface area contributed by atoms with Crippen LogP contribution in [0.2, 0.25) is 0 Å². The van der Waals surface area contributed by atoms with Crippen molar-refractivity contribution in [3.63, 3.8) is 0 Å². The van der Waals surface area contributed by atoms with Crippen LogP contribution in [0.15, 0.2) is 12.3 Å². The standard InChI is InChI=1S/C14H23N3O2/c1-6-19-14(18)11-7-13(16-8-12(11)15)17(5)10(4)9(2)3/h7-10H,6,15H2,1-5H3. The third kappa shape index (κ3) is 3.59. The first kappa shape index (κ1) is 15.3. The number of ether oxygens (including phenoxy) is 1. The van der Waals surface area contributed by atoms with E-state index in [1.807, 2.05) is 11.9 Å². The number of aromatic nitrogens is 1. The Kier molecular flexibility index (Phi) is 5.15. The van der Waals surface area contributed by atoms with Crippen LogP contribution < -0.4 is 10.6 Å². The number of nitrogen functional groups attached to an aromatic ring is 1. The van der Waals surface area contributed by atoms with E-state index in [0.29, 0.717) is 29.8 Å². The van der Waals surface area contributed by atoms with Gasteiger partial charge in [0.15, 0.2) is 0 Å². The highest BCUT2D eigenvalue weighted by Crippen LogP contribution is 2.21. The fourth-order valence-electron chi connectivity index (χ4n) is 1.69. The molecule has 1 aromatic rings. The SMILES string of the molecule is CCOC(=O)c1cc(N(C)C(C)C(C)C)ncc1N. The number of carbonyl (C=O) groups excluding carboxylic acids is 1. The number of nitrogens with two attached hydrogens (primary N) is 1. The van der Waals surface area contributed by atoms with E-state index in [1.54, 1.807) is 13.0 Å². The number of hydrogen-bond acceptors (Lipinski definition) is 5. The summed E-state index contributed by atoms with van der Waals surface area (Å²) in [4.78, 5) is 18.1. The minimum absolute atomic E-state index is 0.311. The molecule has 5 heteroatoms. The molecule has 106 valence electrons. The Morgan fingerprint density at radius 2 is 2.11 bits per heavy atom. The second-order valence-electron chi connectivity index (χ2n) is 4.95. The van der Waals surface area contributed by atoms with E-state index >= 15 is 0 Å². The van der Waals surface area contributed by atoms with Crippen LogP contribution in [-0.2, 0) is 4.74 Å². The fraction of sp³-hybridized carbons (Fsp3) is 0.571. The van der Waals surface area contributed by atoms with Crippen molar-refractivity contribution in [2.24, 2.45) is 5.92 Å². The van der Waals surface area contributed by atoms with Crippen LogP contribution in [0, 0.1) is 5.92 Å². The maximum Gasteiger partial charge on any atom is 0.340 e. The summed E-state index contributed by atoms with van der Waals surface area (Å²) in [5.41, 5.74) is 6.49. The summed E-state index contributed by atoms with van der Waals surface area (Å²) in [6, 6.07) is 2.00. The van der Waals surface area contributed by atoms with Crippen molar-refractivity contribution < 1.29 is 9.53 Å². The lowest BCUT2D eigenvalue weighted by molar-refractivity contribution is 0.0527. The monoisotopic (exact) mass is 265 g/mol. The summed E-state index contributed by atoms with van der Waals surface area (Å²) in [7, 11) is 1.96. The summed E-state index contributed by atoms with van der Waals surface area (Å²) in [5, 5.41) is 0. The Bertz CT molecular complexity index is 446. The van der Waals surface area contributed by atoms with E-state index in [4.69, 9.17) is 10.5 Å². The van der Waals surface area contributed by atoms with E-state index < -0.39 is 5.97 Å². The predicted octanol–water partition coefficient (Wildman–Crippen LogP) is 2.32. The Balaban J connectivity index is 3.05. The van der Waals surface area contributed by atoms with Crippen LogP contribution in [0.5, 0.6) is 0 Å². The van der Waals surface area contributed by atoms with Crippen LogP contribution in [0.3, 0.4) is 0 Å². The van der Waals surface area contributed by atoms with Gasteiger partial charge in [0.05, 0.1) is 24.1 Å². The van der Waals surface area contributed by atoms with Gasteiger partial charge in [-0.2, -0.15) is 0 Å². The molecule has 1 unspecified atom stereocenters. The summed E-state index contributed by atoms with van der Waals surface area (Å²) < 4.78 is 4.99. The fourth-order valence-corrected chi connectivity index (χ4v) is 1.69. The Morgan fingerprint density at radius 3 is 2.63 bits per heavy atom. The zero-order valence-electron chi connectivity index (χ0n) is 12.3. The van der Waals surface area contributed by atoms with Crippen LogP contribution >= 0.6 is 0 Å². The molecule has 0 saturated heterocycles. The van der Waals surface area contributed by atoms with E-state index in [-0.39, 0.29) is 0 Å². The second kappa shape index (κ2) is 6.41. The molecule has 2 N–H and O–H groups in total. The summed E-state index contributed by atoms with van der Waals surface area (Å²) in [6.07, 6.45) is 1.51. The molecular formula is C14H23N3O2. The molecule has 0 aliphatic rings. The first-order valence-corrected chi connectivity index (χ1v) is 6.53. The van der Waals surface area contributed by atoms with Crippen LogP contribution in [0.4, 0.5) is 11.5 Å². The van der Waals surface area contributed by atoms with E-state index in [9.17, 15) is 4.79 Å². The highest BCUT2D eigenvalue weighted by molar-refractivity contribution is 5.95. The predicted molar refractivity (Wildman–Crippen MR) is 77.3 cm³/mol. The van der Waals surface area contributed by atoms with Crippen LogP contribution in [0.1, 0.15) is 38.1 Å². The molecule has 1 rings (SSSR count). The number of nitrogens with zero attached hydrogens (tertiary/aromatic N) is 2. The molecule has 0 amide bonds. The van der Waals surface area contributed by atoms with Gasteiger partial charge in [-0.3, -0.25) is 0 Å². The first-order valence-electron chi connectivity index (χ1n) is 6.53. The average molecular weight is 265 g/mol. The van der Waals surface area contributed by atoms with Gasteiger partial charge < -0.3 is 15.4 Å². The average Bonchev–Trinajstić information content (AvgIpc) is 2.37. The molecule has 1 aromatic heterocycles. The topological polar surface area (TPSA) is 68.5 Å². The molecule has 5 nitrogen and oxygen atoms in total. The molecule has 0 aliphatic carbocycles. The number of hydrogen-bond donors (Lipinski definition) is 1. The molecule has 0 saturated carbocycles. The Morgan fingerprint density at radius 1 is 1.47 bits per heavy atom. The van der Waals surface area contributed by atoms with Gasteiger partial charge in [-0.25, -0.2) is 9.78 Å². The van der Waals surface area contributed by atoms with Crippen molar-refractivity contribution in [2.45, 2.75) is 33.7 Å². The highest BCUT2D eigenvalue weighted by atomic mass is 16.5. The number of esters is 1. The Hall–Kier alpha value is -1.78. The van der Waals surface area contributed by atoms with Crippen molar-refractivity contribution in [2.75, 3.05) is 24.3 Å². The minimum atomic E-state index is -0.408. The van der Waals surface area contributed by atoms with Gasteiger partial charge in [0, 0.05) is 13.1 Å². The lowest BCUT2D eigenvalue weighted by Gasteiger charge is -2.29. The van der Waals surface area contributed by atoms with E-state index in [0.717, 1.165) is 5.82 Å². The van der Waals surface area contributed by atoms with Crippen LogP contribution in [-0.4, -0.2) is 30.6 Å². The summed E-state index contributed by atoms with van der Waals surface area (Å²) >= 11 is 0. The molecule has 0 radical (unpaired) electrons. The molecule has 0 spiro atoms. The molecule has 0 aromatic carbocycles. The van der Waals surface area contributed by atoms with Gasteiger partial charge in [-0.1, -0.05) is 13.8 Å². The maximum atomic E-state index is 11.8. The molecule has 0 fully saturated rings. The number of anilines is 2. The van der Waals surface area contributed by atoms with Crippen molar-refractivity contribution in [3.05, 3.63) is 17.8 Å². The minimum Gasteiger partial charge on any atom is -0.462 e. The molecular weight excluding hydrogens is 242 g/mol. The second-order valence-corrected chi connectivity index (χ2v) is 4.95. The van der Waals surface area contributed by atoms with Crippen LogP contribution in [0.25, 0.3) is 0 Å². The van der Waals surface area contributed by atoms with Gasteiger partial charge in [0.1, 0.15) is 5.82 Å². The normalized spacial score (nSPS) is 12.3. The lowest BCUT2D eigenvalue weighted by Crippen LogP contribution is -2.34. The maximum absolute atomic E-state index is 11.8. The quantitative estimate of drug-likeness (QED) is 0.827. The van der Waals surface area contributed by atoms with Gasteiger partial charge in [-0.05, 0) is 25.8 Å². The van der Waals surface area contributed by atoms with Gasteiger partial charge in [-0.15, -0.1) is 0 Å². The lowest BCUT2D eigenvalue weighted by atomic mass is 10.1. The molecule has 0 bridgehead atoms. The van der Waals surface area contributed by atoms with E-state index in [2.05, 4.69) is 25.8 Å². The highest BCUT2D eigenvalue weighted by Gasteiger charge is 2.18. The third-order valence-electron chi connectivity index (χ3n) is 3.35. The molecule has 0 aliphatic heterocycles. The molecule has 19 heavy (non-hydrogen) atoms. The van der Waals surface area contributed by atoms with Gasteiger partial charge in [0.2, 0.25) is 0 Å². The van der Waals surface area contributed by atoms with E-state index in [1.165, 1.54) is 6.20 Å². The largest absolute Gasteiger partial charge is 0.462 e. The van der Waals surface area contributed by atoms with Gasteiger partial charge in [0.25, 0.3) is 0 Å². The number of rotatable bonds is 5. The summed E-state index contributed by atoms with van der Waals surface area (Å²) in [5.74, 6) is 0.795. The number of pyridine rings is 1. The zero-order valence-corrected chi connectivity index (χ0v) is 12.3. The third-order valence-corrected chi connectivity index (χ3v) is 3.35. The smallest absolute Gasteiger partial charge is 0.340 e. The van der Waals surface area contributed by atoms with Crippen molar-refractivity contribution in [3.8, 4) is 0 Å². The Labute approximate surface area is 114 Å². The van der Waals surface area contributed by atoms with Crippen molar-refractivity contribution in [1.29, 1.82) is 0 Å². The van der Waals surface area contributed by atoms with Crippen molar-refractivity contribution >= 4 is 17.5 Å². The van der Waals surface area contributed by atoms with Gasteiger partial charge >= 0.3 is 5.97 Å². The summed E-state index contributed by atoms with van der Waals surface area (Å²) in [6.45, 7) is 8.50.